The van der Waals surface area contributed by atoms with Crippen molar-refractivity contribution in [2.75, 3.05) is 13.1 Å². The first-order valence-electron chi connectivity index (χ1n) is 8.21. The molecule has 0 unspecified atom stereocenters. The number of benzene rings is 1. The summed E-state index contributed by atoms with van der Waals surface area (Å²) in [6, 6.07) is 9.51. The molecule has 0 radical (unpaired) electrons. The normalized spacial score (nSPS) is 14.9. The second-order valence-corrected chi connectivity index (χ2v) is 7.01. The summed E-state index contributed by atoms with van der Waals surface area (Å²) in [6.45, 7) is 6.58. The molecule has 128 valence electrons. The number of amides is 1. The van der Waals surface area contributed by atoms with E-state index in [0.717, 1.165) is 16.9 Å². The first-order valence-corrected chi connectivity index (χ1v) is 8.21. The van der Waals surface area contributed by atoms with E-state index in [1.165, 1.54) is 0 Å². The predicted octanol–water partition coefficient (Wildman–Crippen LogP) is 2.50. The molecule has 1 aliphatic heterocycles. The van der Waals surface area contributed by atoms with Crippen molar-refractivity contribution < 1.29 is 9.53 Å². The van der Waals surface area contributed by atoms with E-state index in [4.69, 9.17) is 4.74 Å². The molecule has 1 amide bonds. The van der Waals surface area contributed by atoms with Crippen LogP contribution < -0.4 is 5.56 Å². The largest absolute Gasteiger partial charge is 0.444 e. The highest BCUT2D eigenvalue weighted by Crippen LogP contribution is 2.16. The molecule has 0 atom stereocenters. The maximum atomic E-state index is 12.7. The Morgan fingerprint density at radius 1 is 1.12 bits per heavy atom. The van der Waals surface area contributed by atoms with Crippen LogP contribution >= 0.6 is 0 Å². The molecular weight excluding hydrogens is 306 g/mol. The highest BCUT2D eigenvalue weighted by atomic mass is 16.6. The molecule has 24 heavy (non-hydrogen) atoms. The van der Waals surface area contributed by atoms with Gasteiger partial charge in [-0.25, -0.2) is 9.48 Å². The van der Waals surface area contributed by atoms with Crippen LogP contribution in [-0.2, 0) is 17.6 Å². The van der Waals surface area contributed by atoms with Gasteiger partial charge in [-0.15, -0.1) is 0 Å². The Labute approximate surface area is 141 Å². The molecule has 0 spiro atoms. The number of H-pyrrole nitrogens is 1. The van der Waals surface area contributed by atoms with Crippen LogP contribution in [0.3, 0.4) is 0 Å². The molecule has 2 heterocycles. The van der Waals surface area contributed by atoms with E-state index in [2.05, 4.69) is 5.10 Å². The molecule has 6 heteroatoms. The number of fused-ring (bicyclic) bond motifs is 1. The number of aromatic amines is 1. The Balaban J connectivity index is 1.79. The molecule has 0 fully saturated rings. The highest BCUT2D eigenvalue weighted by Gasteiger charge is 2.26. The second kappa shape index (κ2) is 6.19. The van der Waals surface area contributed by atoms with E-state index >= 15 is 0 Å². The number of aromatic nitrogens is 2. The quantitative estimate of drug-likeness (QED) is 0.874. The molecule has 0 bridgehead atoms. The van der Waals surface area contributed by atoms with E-state index in [0.29, 0.717) is 25.9 Å². The van der Waals surface area contributed by atoms with E-state index in [1.807, 2.05) is 51.1 Å². The lowest BCUT2D eigenvalue weighted by Crippen LogP contribution is -2.38. The third kappa shape index (κ3) is 3.37. The van der Waals surface area contributed by atoms with Crippen molar-refractivity contribution in [1.82, 2.24) is 14.7 Å². The summed E-state index contributed by atoms with van der Waals surface area (Å²) < 4.78 is 7.00. The van der Waals surface area contributed by atoms with Gasteiger partial charge < -0.3 is 9.64 Å². The minimum atomic E-state index is -0.516. The summed E-state index contributed by atoms with van der Waals surface area (Å²) in [5.74, 6) is 0. The number of hydrogen-bond donors (Lipinski definition) is 1. The SMILES string of the molecule is CC(C)(C)OC(=O)N1CCc2[nH]n(-c3ccccc3)c(=O)c2CC1. The molecule has 1 aromatic heterocycles. The highest BCUT2D eigenvalue weighted by molar-refractivity contribution is 5.68. The Bertz CT molecular complexity index is 784. The molecule has 3 rings (SSSR count). The molecule has 6 nitrogen and oxygen atoms in total. The summed E-state index contributed by atoms with van der Waals surface area (Å²) in [6.07, 6.45) is 0.823. The van der Waals surface area contributed by atoms with Gasteiger partial charge in [-0.3, -0.25) is 9.89 Å². The van der Waals surface area contributed by atoms with E-state index in [9.17, 15) is 9.59 Å². The zero-order valence-electron chi connectivity index (χ0n) is 14.3. The van der Waals surface area contributed by atoms with Gasteiger partial charge in [0.2, 0.25) is 0 Å². The minimum Gasteiger partial charge on any atom is -0.444 e. The zero-order valence-corrected chi connectivity index (χ0v) is 14.3. The smallest absolute Gasteiger partial charge is 0.410 e. The fourth-order valence-electron chi connectivity index (χ4n) is 2.86. The number of nitrogens with zero attached hydrogens (tertiary/aromatic N) is 2. The van der Waals surface area contributed by atoms with Gasteiger partial charge in [-0.2, -0.15) is 0 Å². The van der Waals surface area contributed by atoms with Crippen molar-refractivity contribution in [2.24, 2.45) is 0 Å². The van der Waals surface area contributed by atoms with Gasteiger partial charge in [0, 0.05) is 30.8 Å². The van der Waals surface area contributed by atoms with E-state index in [1.54, 1.807) is 9.58 Å². The summed E-state index contributed by atoms with van der Waals surface area (Å²) in [5, 5.41) is 3.19. The van der Waals surface area contributed by atoms with Gasteiger partial charge in [0.25, 0.3) is 5.56 Å². The Morgan fingerprint density at radius 3 is 2.46 bits per heavy atom. The van der Waals surface area contributed by atoms with E-state index < -0.39 is 5.60 Å². The molecule has 0 aliphatic carbocycles. The standard InChI is InChI=1S/C18H23N3O3/c1-18(2,3)24-17(23)20-11-9-14-15(10-12-20)19-21(16(14)22)13-7-5-4-6-8-13/h4-8,19H,9-12H2,1-3H3. The molecule has 1 N–H and O–H groups in total. The summed E-state index contributed by atoms with van der Waals surface area (Å²) >= 11 is 0. The fourth-order valence-corrected chi connectivity index (χ4v) is 2.86. The first-order chi connectivity index (χ1) is 11.3. The van der Waals surface area contributed by atoms with Gasteiger partial charge in [0.15, 0.2) is 0 Å². The molecule has 1 aromatic carbocycles. The average molecular weight is 329 g/mol. The van der Waals surface area contributed by atoms with Crippen molar-refractivity contribution in [1.29, 1.82) is 0 Å². The predicted molar refractivity (Wildman–Crippen MR) is 91.6 cm³/mol. The third-order valence-electron chi connectivity index (χ3n) is 4.00. The summed E-state index contributed by atoms with van der Waals surface area (Å²) in [4.78, 5) is 26.6. The van der Waals surface area contributed by atoms with Crippen LogP contribution in [0.5, 0.6) is 0 Å². The maximum absolute atomic E-state index is 12.7. The summed E-state index contributed by atoms with van der Waals surface area (Å²) in [5.41, 5.74) is 1.92. The fraction of sp³-hybridized carbons (Fsp3) is 0.444. The Morgan fingerprint density at radius 2 is 1.79 bits per heavy atom. The van der Waals surface area contributed by atoms with Crippen molar-refractivity contribution in [2.45, 2.75) is 39.2 Å². The molecule has 2 aromatic rings. The van der Waals surface area contributed by atoms with Crippen LogP contribution in [0.4, 0.5) is 4.79 Å². The van der Waals surface area contributed by atoms with Crippen LogP contribution in [0, 0.1) is 0 Å². The molecule has 1 aliphatic rings. The lowest BCUT2D eigenvalue weighted by molar-refractivity contribution is 0.0258. The Hall–Kier alpha value is -2.50. The zero-order chi connectivity index (χ0) is 17.3. The number of hydrogen-bond acceptors (Lipinski definition) is 3. The Kier molecular flexibility index (Phi) is 4.22. The molecule has 0 saturated carbocycles. The average Bonchev–Trinajstić information content (AvgIpc) is 2.70. The minimum absolute atomic E-state index is 0.0396. The number of carbonyl (C=O) groups is 1. The monoisotopic (exact) mass is 329 g/mol. The van der Waals surface area contributed by atoms with Gasteiger partial charge in [0.1, 0.15) is 5.60 Å². The van der Waals surface area contributed by atoms with Crippen molar-refractivity contribution >= 4 is 6.09 Å². The lowest BCUT2D eigenvalue weighted by Gasteiger charge is -2.26. The number of carbonyl (C=O) groups excluding carboxylic acids is 1. The number of rotatable bonds is 1. The number of para-hydroxylation sites is 1. The summed E-state index contributed by atoms with van der Waals surface area (Å²) in [7, 11) is 0. The van der Waals surface area contributed by atoms with Gasteiger partial charge in [-0.05, 0) is 39.3 Å². The molecule has 0 saturated heterocycles. The van der Waals surface area contributed by atoms with Crippen LogP contribution in [-0.4, -0.2) is 39.5 Å². The van der Waals surface area contributed by atoms with Gasteiger partial charge in [-0.1, -0.05) is 18.2 Å². The van der Waals surface area contributed by atoms with Crippen molar-refractivity contribution in [3.8, 4) is 5.69 Å². The maximum Gasteiger partial charge on any atom is 0.410 e. The van der Waals surface area contributed by atoms with Crippen LogP contribution in [0.25, 0.3) is 5.69 Å². The van der Waals surface area contributed by atoms with Crippen LogP contribution in [0.15, 0.2) is 35.1 Å². The first kappa shape index (κ1) is 16.4. The van der Waals surface area contributed by atoms with Gasteiger partial charge in [0.05, 0.1) is 5.69 Å². The third-order valence-corrected chi connectivity index (χ3v) is 4.00. The number of nitrogens with one attached hydrogen (secondary N) is 1. The van der Waals surface area contributed by atoms with Crippen LogP contribution in [0.1, 0.15) is 32.0 Å². The van der Waals surface area contributed by atoms with Crippen molar-refractivity contribution in [3.63, 3.8) is 0 Å². The number of ether oxygens (including phenoxy) is 1. The van der Waals surface area contributed by atoms with Gasteiger partial charge >= 0.3 is 6.09 Å². The van der Waals surface area contributed by atoms with Crippen LogP contribution in [0.2, 0.25) is 0 Å². The second-order valence-electron chi connectivity index (χ2n) is 7.01. The lowest BCUT2D eigenvalue weighted by atomic mass is 10.1. The topological polar surface area (TPSA) is 67.3 Å². The van der Waals surface area contributed by atoms with Crippen molar-refractivity contribution in [3.05, 3.63) is 51.9 Å². The van der Waals surface area contributed by atoms with E-state index in [-0.39, 0.29) is 11.7 Å². The molecular formula is C18H23N3O3.